The number of benzene rings is 2. The number of pyridine rings is 1. The number of nitrogens with one attached hydrogen (secondary N) is 1. The van der Waals surface area contributed by atoms with Crippen molar-refractivity contribution >= 4 is 29.3 Å². The highest BCUT2D eigenvalue weighted by molar-refractivity contribution is 6.31. The molecule has 0 aliphatic heterocycles. The Hall–Kier alpha value is -3.83. The first-order valence-electron chi connectivity index (χ1n) is 9.16. The van der Waals surface area contributed by atoms with Gasteiger partial charge in [0.25, 0.3) is 5.91 Å². The van der Waals surface area contributed by atoms with E-state index in [1.807, 2.05) is 6.07 Å². The fourth-order valence-corrected chi connectivity index (χ4v) is 2.93. The summed E-state index contributed by atoms with van der Waals surface area (Å²) in [6.45, 7) is 1.53. The molecule has 1 heterocycles. The number of carbonyl (C=O) groups excluding carboxylic acids is 1. The highest BCUT2D eigenvalue weighted by Gasteiger charge is 2.33. The largest absolute Gasteiger partial charge is 0.457 e. The SMILES string of the molecule is C/C(=C\c1cccc(Oc2ccnc(C#N)c2)c1)C(=O)Nc1ccc(Cl)c(C(F)(F)F)c1. The molecule has 1 amide bonds. The Morgan fingerprint density at radius 1 is 1.16 bits per heavy atom. The molecule has 0 spiro atoms. The maximum absolute atomic E-state index is 13.0. The third-order valence-electron chi connectivity index (χ3n) is 4.21. The Labute approximate surface area is 186 Å². The van der Waals surface area contributed by atoms with Crippen LogP contribution in [-0.4, -0.2) is 10.9 Å². The third kappa shape index (κ3) is 5.86. The van der Waals surface area contributed by atoms with Gasteiger partial charge in [-0.1, -0.05) is 23.7 Å². The van der Waals surface area contributed by atoms with Crippen LogP contribution in [-0.2, 0) is 11.0 Å². The smallest absolute Gasteiger partial charge is 0.417 e. The number of anilines is 1. The van der Waals surface area contributed by atoms with E-state index in [1.165, 1.54) is 25.3 Å². The zero-order valence-corrected chi connectivity index (χ0v) is 17.3. The van der Waals surface area contributed by atoms with E-state index in [9.17, 15) is 18.0 Å². The fourth-order valence-electron chi connectivity index (χ4n) is 2.71. The van der Waals surface area contributed by atoms with E-state index in [0.717, 1.165) is 12.1 Å². The molecule has 0 atom stereocenters. The van der Waals surface area contributed by atoms with Crippen LogP contribution in [0.5, 0.6) is 11.5 Å². The standard InChI is InChI=1S/C23H15ClF3N3O2/c1-14(22(31)30-16-5-6-21(24)20(12-16)23(25,26)27)9-15-3-2-4-18(10-15)32-19-7-8-29-17(11-19)13-28/h2-12H,1H3,(H,30,31)/b14-9+. The number of ether oxygens (including phenoxy) is 1. The molecule has 0 fully saturated rings. The molecule has 3 rings (SSSR count). The molecule has 1 aromatic heterocycles. The molecule has 0 aliphatic carbocycles. The molecule has 3 aromatic rings. The number of amides is 1. The fraction of sp³-hybridized carbons (Fsp3) is 0.0870. The topological polar surface area (TPSA) is 75.0 Å². The summed E-state index contributed by atoms with van der Waals surface area (Å²) < 4.78 is 44.7. The molecular weight excluding hydrogens is 443 g/mol. The van der Waals surface area contributed by atoms with Gasteiger partial charge in [-0.2, -0.15) is 18.4 Å². The first-order chi connectivity index (χ1) is 15.2. The number of hydrogen-bond donors (Lipinski definition) is 1. The number of hydrogen-bond acceptors (Lipinski definition) is 4. The van der Waals surface area contributed by atoms with E-state index >= 15 is 0 Å². The number of nitrogens with zero attached hydrogens (tertiary/aromatic N) is 2. The van der Waals surface area contributed by atoms with Gasteiger partial charge >= 0.3 is 6.18 Å². The van der Waals surface area contributed by atoms with E-state index < -0.39 is 22.7 Å². The molecular formula is C23H15ClF3N3O2. The molecule has 5 nitrogen and oxygen atoms in total. The second kappa shape index (κ2) is 9.54. The van der Waals surface area contributed by atoms with Crippen LogP contribution in [0.2, 0.25) is 5.02 Å². The van der Waals surface area contributed by atoms with E-state index in [-0.39, 0.29) is 17.0 Å². The molecule has 162 valence electrons. The van der Waals surface area contributed by atoms with E-state index in [0.29, 0.717) is 17.1 Å². The van der Waals surface area contributed by atoms with Crippen LogP contribution in [0.4, 0.5) is 18.9 Å². The van der Waals surface area contributed by atoms with Gasteiger partial charge in [0.05, 0.1) is 10.6 Å². The summed E-state index contributed by atoms with van der Waals surface area (Å²) in [6.07, 6.45) is -1.62. The van der Waals surface area contributed by atoms with Crippen LogP contribution in [0, 0.1) is 11.3 Å². The molecule has 0 saturated carbocycles. The van der Waals surface area contributed by atoms with Crippen molar-refractivity contribution in [1.29, 1.82) is 5.26 Å². The maximum atomic E-state index is 13.0. The molecule has 0 bridgehead atoms. The van der Waals surface area contributed by atoms with E-state index in [2.05, 4.69) is 10.3 Å². The lowest BCUT2D eigenvalue weighted by atomic mass is 10.1. The highest BCUT2D eigenvalue weighted by atomic mass is 35.5. The maximum Gasteiger partial charge on any atom is 0.417 e. The quantitative estimate of drug-likeness (QED) is 0.446. The van der Waals surface area contributed by atoms with Crippen molar-refractivity contribution in [3.63, 3.8) is 0 Å². The number of halogens is 4. The van der Waals surface area contributed by atoms with E-state index in [4.69, 9.17) is 21.6 Å². The zero-order valence-electron chi connectivity index (χ0n) is 16.6. The molecule has 2 aromatic carbocycles. The zero-order chi connectivity index (χ0) is 23.3. The lowest BCUT2D eigenvalue weighted by Crippen LogP contribution is -2.14. The predicted octanol–water partition coefficient (Wildman–Crippen LogP) is 6.46. The van der Waals surface area contributed by atoms with Crippen molar-refractivity contribution in [2.24, 2.45) is 0 Å². The van der Waals surface area contributed by atoms with Gasteiger partial charge < -0.3 is 10.1 Å². The van der Waals surface area contributed by atoms with Gasteiger partial charge in [0.15, 0.2) is 0 Å². The second-order valence-electron chi connectivity index (χ2n) is 6.64. The average Bonchev–Trinajstić information content (AvgIpc) is 2.74. The highest BCUT2D eigenvalue weighted by Crippen LogP contribution is 2.36. The van der Waals surface area contributed by atoms with Gasteiger partial charge in [0, 0.05) is 23.5 Å². The Bertz CT molecular complexity index is 1230. The van der Waals surface area contributed by atoms with Crippen molar-refractivity contribution in [3.05, 3.63) is 88.2 Å². The first kappa shape index (κ1) is 22.8. The van der Waals surface area contributed by atoms with E-state index in [1.54, 1.807) is 36.4 Å². The van der Waals surface area contributed by atoms with Crippen molar-refractivity contribution in [2.45, 2.75) is 13.1 Å². The summed E-state index contributed by atoms with van der Waals surface area (Å²) >= 11 is 5.60. The van der Waals surface area contributed by atoms with Gasteiger partial charge in [0.1, 0.15) is 23.3 Å². The Balaban J connectivity index is 1.75. The average molecular weight is 458 g/mol. The van der Waals surface area contributed by atoms with Crippen LogP contribution in [0.1, 0.15) is 23.7 Å². The Morgan fingerprint density at radius 2 is 1.91 bits per heavy atom. The summed E-state index contributed by atoms with van der Waals surface area (Å²) in [4.78, 5) is 16.3. The van der Waals surface area contributed by atoms with Crippen molar-refractivity contribution in [1.82, 2.24) is 4.98 Å². The van der Waals surface area contributed by atoms with Gasteiger partial charge in [-0.25, -0.2) is 4.98 Å². The number of aromatic nitrogens is 1. The monoisotopic (exact) mass is 457 g/mol. The van der Waals surface area contributed by atoms with Crippen molar-refractivity contribution in [2.75, 3.05) is 5.32 Å². The van der Waals surface area contributed by atoms with Crippen LogP contribution >= 0.6 is 11.6 Å². The van der Waals surface area contributed by atoms with Gasteiger partial charge in [-0.05, 0) is 55.0 Å². The molecule has 1 N–H and O–H groups in total. The van der Waals surface area contributed by atoms with Gasteiger partial charge in [-0.15, -0.1) is 0 Å². The van der Waals surface area contributed by atoms with Crippen LogP contribution < -0.4 is 10.1 Å². The first-order valence-corrected chi connectivity index (χ1v) is 9.54. The molecule has 9 heteroatoms. The van der Waals surface area contributed by atoms with Gasteiger partial charge in [-0.3, -0.25) is 4.79 Å². The van der Waals surface area contributed by atoms with Crippen LogP contribution in [0.25, 0.3) is 6.08 Å². The minimum Gasteiger partial charge on any atom is -0.457 e. The van der Waals surface area contributed by atoms with Crippen molar-refractivity contribution < 1.29 is 22.7 Å². The summed E-state index contributed by atoms with van der Waals surface area (Å²) in [5, 5.41) is 10.9. The van der Waals surface area contributed by atoms with Gasteiger partial charge in [0.2, 0.25) is 0 Å². The van der Waals surface area contributed by atoms with Crippen LogP contribution in [0.3, 0.4) is 0 Å². The lowest BCUT2D eigenvalue weighted by molar-refractivity contribution is -0.137. The number of carbonyl (C=O) groups is 1. The third-order valence-corrected chi connectivity index (χ3v) is 4.54. The summed E-state index contributed by atoms with van der Waals surface area (Å²) in [7, 11) is 0. The Morgan fingerprint density at radius 3 is 2.62 bits per heavy atom. The minimum absolute atomic E-state index is 0.0254. The number of alkyl halides is 3. The summed E-state index contributed by atoms with van der Waals surface area (Å²) in [6, 6.07) is 15.0. The molecule has 0 saturated heterocycles. The van der Waals surface area contributed by atoms with Crippen LogP contribution in [0.15, 0.2) is 66.4 Å². The normalized spacial score (nSPS) is 11.6. The predicted molar refractivity (Wildman–Crippen MR) is 114 cm³/mol. The molecule has 0 radical (unpaired) electrons. The minimum atomic E-state index is -4.63. The Kier molecular flexibility index (Phi) is 6.81. The lowest BCUT2D eigenvalue weighted by Gasteiger charge is -2.12. The van der Waals surface area contributed by atoms with Crippen molar-refractivity contribution in [3.8, 4) is 17.6 Å². The molecule has 0 unspecified atom stereocenters. The second-order valence-corrected chi connectivity index (χ2v) is 7.04. The summed E-state index contributed by atoms with van der Waals surface area (Å²) in [5.41, 5.74) is 0.0572. The number of nitriles is 1. The molecule has 0 aliphatic rings. The molecule has 32 heavy (non-hydrogen) atoms. The summed E-state index contributed by atoms with van der Waals surface area (Å²) in [5.74, 6) is 0.324. The number of rotatable bonds is 5.